The topological polar surface area (TPSA) is 111 Å². The number of benzene rings is 2. The number of halogens is 1. The Morgan fingerprint density at radius 1 is 1.07 bits per heavy atom. The van der Waals surface area contributed by atoms with E-state index in [0.717, 1.165) is 19.5 Å². The molecule has 1 aromatic heterocycles. The van der Waals surface area contributed by atoms with Crippen LogP contribution in [0.2, 0.25) is 0 Å². The molecule has 2 N–H and O–H groups in total. The van der Waals surface area contributed by atoms with Gasteiger partial charge in [-0.05, 0) is 24.1 Å². The molecular formula is C19H22ClN5O3. The van der Waals surface area contributed by atoms with Crippen LogP contribution in [-0.2, 0) is 13.0 Å². The lowest BCUT2D eigenvalue weighted by atomic mass is 10.1. The molecule has 148 valence electrons. The van der Waals surface area contributed by atoms with Gasteiger partial charge in [0.15, 0.2) is 0 Å². The van der Waals surface area contributed by atoms with Gasteiger partial charge in [0.25, 0.3) is 5.69 Å². The summed E-state index contributed by atoms with van der Waals surface area (Å²) in [5.41, 5.74) is 7.68. The Hall–Kier alpha value is -2.81. The molecule has 3 rings (SSSR count). The molecule has 9 heteroatoms. The van der Waals surface area contributed by atoms with Crippen LogP contribution in [-0.4, -0.2) is 39.6 Å². The highest BCUT2D eigenvalue weighted by Gasteiger charge is 2.14. The lowest BCUT2D eigenvalue weighted by molar-refractivity contribution is -0.384. The smallest absolute Gasteiger partial charge is 0.269 e. The second-order valence-electron chi connectivity index (χ2n) is 6.12. The van der Waals surface area contributed by atoms with E-state index >= 15 is 0 Å². The summed E-state index contributed by atoms with van der Waals surface area (Å²) in [5.74, 6) is 0.903. The molecule has 1 heterocycles. The third-order valence-electron chi connectivity index (χ3n) is 4.17. The molecule has 0 saturated heterocycles. The fourth-order valence-corrected chi connectivity index (χ4v) is 2.74. The fourth-order valence-electron chi connectivity index (χ4n) is 2.74. The van der Waals surface area contributed by atoms with E-state index in [1.165, 1.54) is 17.7 Å². The van der Waals surface area contributed by atoms with E-state index in [2.05, 4.69) is 27.2 Å². The normalized spacial score (nSPS) is 10.6. The summed E-state index contributed by atoms with van der Waals surface area (Å²) >= 11 is 0. The molecule has 0 saturated carbocycles. The monoisotopic (exact) mass is 403 g/mol. The predicted molar refractivity (Wildman–Crippen MR) is 108 cm³/mol. The van der Waals surface area contributed by atoms with Crippen molar-refractivity contribution in [2.45, 2.75) is 13.0 Å². The van der Waals surface area contributed by atoms with Crippen molar-refractivity contribution in [1.82, 2.24) is 15.0 Å². The van der Waals surface area contributed by atoms with Crippen LogP contribution in [0.5, 0.6) is 0 Å². The Labute approximate surface area is 168 Å². The van der Waals surface area contributed by atoms with E-state index in [0.29, 0.717) is 30.4 Å². The summed E-state index contributed by atoms with van der Waals surface area (Å²) < 4.78 is 5.35. The van der Waals surface area contributed by atoms with Crippen LogP contribution in [0.3, 0.4) is 0 Å². The quantitative estimate of drug-likeness (QED) is 0.431. The highest BCUT2D eigenvalue weighted by atomic mass is 35.5. The Bertz CT molecular complexity index is 871. The molecule has 0 atom stereocenters. The Kier molecular flexibility index (Phi) is 8.06. The third kappa shape index (κ3) is 5.85. The zero-order valence-corrected chi connectivity index (χ0v) is 16.0. The number of rotatable bonds is 9. The summed E-state index contributed by atoms with van der Waals surface area (Å²) in [6.45, 7) is 2.60. The molecular weight excluding hydrogens is 382 g/mol. The molecule has 0 radical (unpaired) electrons. The van der Waals surface area contributed by atoms with Crippen molar-refractivity contribution in [2.24, 2.45) is 5.73 Å². The lowest BCUT2D eigenvalue weighted by Gasteiger charge is -2.19. The highest BCUT2D eigenvalue weighted by molar-refractivity contribution is 5.85. The molecule has 0 aliphatic rings. The van der Waals surface area contributed by atoms with Crippen LogP contribution in [0.15, 0.2) is 59.1 Å². The van der Waals surface area contributed by atoms with Crippen LogP contribution in [0.1, 0.15) is 11.5 Å². The lowest BCUT2D eigenvalue weighted by Crippen LogP contribution is -2.31. The van der Waals surface area contributed by atoms with Crippen molar-refractivity contribution >= 4 is 18.1 Å². The number of nitrogens with two attached hydrogens (primary N) is 1. The fraction of sp³-hybridized carbons (Fsp3) is 0.263. The molecule has 28 heavy (non-hydrogen) atoms. The number of aromatic nitrogens is 2. The van der Waals surface area contributed by atoms with Crippen molar-refractivity contribution in [2.75, 3.05) is 19.6 Å². The maximum absolute atomic E-state index is 10.7. The van der Waals surface area contributed by atoms with Crippen molar-refractivity contribution in [3.63, 3.8) is 0 Å². The minimum atomic E-state index is -0.442. The molecule has 0 unspecified atom stereocenters. The van der Waals surface area contributed by atoms with E-state index in [9.17, 15) is 10.1 Å². The SMILES string of the molecule is Cl.NCCN(CCc1ccccc1)Cc1nc(-c2ccc([N+](=O)[O-])cc2)no1. The third-order valence-corrected chi connectivity index (χ3v) is 4.17. The first-order chi connectivity index (χ1) is 13.2. The maximum atomic E-state index is 10.7. The van der Waals surface area contributed by atoms with Gasteiger partial charge in [-0.3, -0.25) is 15.0 Å². The summed E-state index contributed by atoms with van der Waals surface area (Å²) in [6, 6.07) is 16.3. The van der Waals surface area contributed by atoms with Crippen LogP contribution in [0.4, 0.5) is 5.69 Å². The molecule has 0 aliphatic heterocycles. The first-order valence-electron chi connectivity index (χ1n) is 8.69. The van der Waals surface area contributed by atoms with Gasteiger partial charge in [0, 0.05) is 37.3 Å². The average Bonchev–Trinajstić information content (AvgIpc) is 3.16. The van der Waals surface area contributed by atoms with Gasteiger partial charge in [-0.15, -0.1) is 12.4 Å². The van der Waals surface area contributed by atoms with Crippen LogP contribution >= 0.6 is 12.4 Å². The molecule has 0 bridgehead atoms. The van der Waals surface area contributed by atoms with E-state index < -0.39 is 4.92 Å². The summed E-state index contributed by atoms with van der Waals surface area (Å²) in [7, 11) is 0. The van der Waals surface area contributed by atoms with Crippen molar-refractivity contribution in [3.8, 4) is 11.4 Å². The largest absolute Gasteiger partial charge is 0.338 e. The molecule has 3 aromatic rings. The van der Waals surface area contributed by atoms with Gasteiger partial charge < -0.3 is 10.3 Å². The van der Waals surface area contributed by atoms with Gasteiger partial charge in [0.1, 0.15) is 0 Å². The first-order valence-corrected chi connectivity index (χ1v) is 8.69. The summed E-state index contributed by atoms with van der Waals surface area (Å²) in [6.07, 6.45) is 0.907. The van der Waals surface area contributed by atoms with Gasteiger partial charge >= 0.3 is 0 Å². The minimum absolute atomic E-state index is 0. The van der Waals surface area contributed by atoms with Gasteiger partial charge in [-0.1, -0.05) is 35.5 Å². The van der Waals surface area contributed by atoms with Gasteiger partial charge in [0.2, 0.25) is 11.7 Å². The Morgan fingerprint density at radius 2 is 1.79 bits per heavy atom. The van der Waals surface area contributed by atoms with E-state index in [-0.39, 0.29) is 18.1 Å². The zero-order chi connectivity index (χ0) is 19.1. The number of nitrogens with zero attached hydrogens (tertiary/aromatic N) is 4. The second kappa shape index (κ2) is 10.5. The van der Waals surface area contributed by atoms with E-state index in [1.807, 2.05) is 18.2 Å². The number of non-ortho nitro benzene ring substituents is 1. The number of hydrogen-bond donors (Lipinski definition) is 1. The van der Waals surface area contributed by atoms with Crippen molar-refractivity contribution in [1.29, 1.82) is 0 Å². The maximum Gasteiger partial charge on any atom is 0.269 e. The zero-order valence-electron chi connectivity index (χ0n) is 15.2. The Balaban J connectivity index is 0.00000280. The molecule has 0 fully saturated rings. The van der Waals surface area contributed by atoms with E-state index in [4.69, 9.17) is 10.3 Å². The number of nitro benzene ring substituents is 1. The number of hydrogen-bond acceptors (Lipinski definition) is 7. The van der Waals surface area contributed by atoms with Crippen molar-refractivity contribution < 1.29 is 9.45 Å². The molecule has 0 aliphatic carbocycles. The van der Waals surface area contributed by atoms with Gasteiger partial charge in [-0.2, -0.15) is 4.98 Å². The minimum Gasteiger partial charge on any atom is -0.338 e. The molecule has 0 spiro atoms. The van der Waals surface area contributed by atoms with Gasteiger partial charge in [0.05, 0.1) is 11.5 Å². The molecule has 0 amide bonds. The first kappa shape index (κ1) is 21.5. The van der Waals surface area contributed by atoms with Gasteiger partial charge in [-0.25, -0.2) is 0 Å². The van der Waals surface area contributed by atoms with Crippen LogP contribution in [0.25, 0.3) is 11.4 Å². The average molecular weight is 404 g/mol. The van der Waals surface area contributed by atoms with Crippen LogP contribution in [0, 0.1) is 10.1 Å². The Morgan fingerprint density at radius 3 is 2.43 bits per heavy atom. The second-order valence-corrected chi connectivity index (χ2v) is 6.12. The summed E-state index contributed by atoms with van der Waals surface area (Å²) in [5, 5.41) is 14.7. The van der Waals surface area contributed by atoms with Crippen LogP contribution < -0.4 is 5.73 Å². The predicted octanol–water partition coefficient (Wildman–Crippen LogP) is 3.07. The highest BCUT2D eigenvalue weighted by Crippen LogP contribution is 2.20. The number of nitro groups is 1. The molecule has 2 aromatic carbocycles. The standard InChI is InChI=1S/C19H21N5O3.ClH/c20-11-13-23(12-10-15-4-2-1-3-5-15)14-18-21-19(22-27-18)16-6-8-17(9-7-16)24(25)26;/h1-9H,10-14,20H2;1H. The summed E-state index contributed by atoms with van der Waals surface area (Å²) in [4.78, 5) is 16.9. The van der Waals surface area contributed by atoms with E-state index in [1.54, 1.807) is 12.1 Å². The van der Waals surface area contributed by atoms with Crippen molar-refractivity contribution in [3.05, 3.63) is 76.2 Å². The molecule has 8 nitrogen and oxygen atoms in total.